The van der Waals surface area contributed by atoms with Gasteiger partial charge < -0.3 is 0 Å². The van der Waals surface area contributed by atoms with Gasteiger partial charge in [0.15, 0.2) is 0 Å². The molecule has 0 saturated heterocycles. The molecule has 1 N–H and O–H groups in total. The average molecular weight is 244 g/mol. The van der Waals surface area contributed by atoms with Crippen LogP contribution in [0.2, 0.25) is 0 Å². The summed E-state index contributed by atoms with van der Waals surface area (Å²) < 4.78 is 37.5. The molecule has 0 heterocycles. The highest BCUT2D eigenvalue weighted by Gasteiger charge is 2.08. The zero-order chi connectivity index (χ0) is 12.3. The molecule has 0 aliphatic rings. The number of sulfonamides is 1. The SMILES string of the molecule is CC(C)[CH]c1ccc(NS(C)(=O)=O)c(F)c1. The zero-order valence-corrected chi connectivity index (χ0v) is 10.3. The van der Waals surface area contributed by atoms with E-state index in [1.807, 2.05) is 20.3 Å². The second kappa shape index (κ2) is 4.82. The van der Waals surface area contributed by atoms with Crippen molar-refractivity contribution in [3.05, 3.63) is 36.0 Å². The van der Waals surface area contributed by atoms with E-state index in [-0.39, 0.29) is 5.69 Å². The molecule has 0 aliphatic heterocycles. The van der Waals surface area contributed by atoms with Gasteiger partial charge in [0.05, 0.1) is 11.9 Å². The maximum atomic E-state index is 13.5. The van der Waals surface area contributed by atoms with Gasteiger partial charge >= 0.3 is 0 Å². The lowest BCUT2D eigenvalue weighted by Gasteiger charge is -2.08. The topological polar surface area (TPSA) is 46.2 Å². The van der Waals surface area contributed by atoms with Gasteiger partial charge in [0.1, 0.15) is 5.82 Å². The van der Waals surface area contributed by atoms with Gasteiger partial charge in [0, 0.05) is 0 Å². The Morgan fingerprint density at radius 2 is 2.00 bits per heavy atom. The fourth-order valence-corrected chi connectivity index (χ4v) is 1.87. The van der Waals surface area contributed by atoms with Gasteiger partial charge in [-0.05, 0) is 30.0 Å². The van der Waals surface area contributed by atoms with Gasteiger partial charge in [0.25, 0.3) is 0 Å². The third kappa shape index (κ3) is 4.18. The van der Waals surface area contributed by atoms with E-state index >= 15 is 0 Å². The summed E-state index contributed by atoms with van der Waals surface area (Å²) in [6.45, 7) is 3.97. The van der Waals surface area contributed by atoms with Crippen molar-refractivity contribution in [2.24, 2.45) is 5.92 Å². The van der Waals surface area contributed by atoms with E-state index in [0.29, 0.717) is 5.92 Å². The zero-order valence-electron chi connectivity index (χ0n) is 9.49. The van der Waals surface area contributed by atoms with Crippen molar-refractivity contribution >= 4 is 15.7 Å². The van der Waals surface area contributed by atoms with Crippen molar-refractivity contribution in [2.75, 3.05) is 11.0 Å². The minimum Gasteiger partial charge on any atom is -0.281 e. The van der Waals surface area contributed by atoms with Gasteiger partial charge in [-0.1, -0.05) is 19.9 Å². The number of nitrogens with one attached hydrogen (secondary N) is 1. The predicted molar refractivity (Wildman–Crippen MR) is 63.1 cm³/mol. The molecule has 0 spiro atoms. The molecule has 3 nitrogen and oxygen atoms in total. The van der Waals surface area contributed by atoms with Crippen molar-refractivity contribution < 1.29 is 12.8 Å². The summed E-state index contributed by atoms with van der Waals surface area (Å²) in [5.74, 6) is -0.257. The quantitative estimate of drug-likeness (QED) is 0.884. The number of rotatable bonds is 4. The van der Waals surface area contributed by atoms with Crippen molar-refractivity contribution in [3.63, 3.8) is 0 Å². The normalized spacial score (nSPS) is 11.8. The van der Waals surface area contributed by atoms with E-state index in [9.17, 15) is 12.8 Å². The molecule has 0 aliphatic carbocycles. The van der Waals surface area contributed by atoms with Crippen LogP contribution in [0.5, 0.6) is 0 Å². The van der Waals surface area contributed by atoms with Crippen LogP contribution in [0.3, 0.4) is 0 Å². The molecule has 0 amide bonds. The predicted octanol–water partition coefficient (Wildman–Crippen LogP) is 2.41. The maximum Gasteiger partial charge on any atom is 0.229 e. The first-order valence-corrected chi connectivity index (χ1v) is 6.79. The Kier molecular flexibility index (Phi) is 3.91. The first-order chi connectivity index (χ1) is 7.28. The van der Waals surface area contributed by atoms with Crippen molar-refractivity contribution in [1.29, 1.82) is 0 Å². The Bertz CT molecular complexity index is 469. The number of benzene rings is 1. The molecular weight excluding hydrogens is 229 g/mol. The highest BCUT2D eigenvalue weighted by Crippen LogP contribution is 2.19. The molecule has 1 aromatic carbocycles. The third-order valence-corrected chi connectivity index (χ3v) is 2.40. The van der Waals surface area contributed by atoms with Crippen LogP contribution < -0.4 is 4.72 Å². The molecule has 0 saturated carbocycles. The van der Waals surface area contributed by atoms with Crippen LogP contribution in [0.15, 0.2) is 18.2 Å². The lowest BCUT2D eigenvalue weighted by Crippen LogP contribution is -2.11. The Hall–Kier alpha value is -1.10. The van der Waals surface area contributed by atoms with Gasteiger partial charge in [-0.3, -0.25) is 4.72 Å². The van der Waals surface area contributed by atoms with Crippen LogP contribution in [-0.4, -0.2) is 14.7 Å². The lowest BCUT2D eigenvalue weighted by molar-refractivity contribution is 0.603. The number of anilines is 1. The molecule has 0 atom stereocenters. The molecule has 1 aromatic rings. The fourth-order valence-electron chi connectivity index (χ4n) is 1.30. The summed E-state index contributed by atoms with van der Waals surface area (Å²) in [6.07, 6.45) is 2.88. The number of hydrogen-bond acceptors (Lipinski definition) is 2. The monoisotopic (exact) mass is 244 g/mol. The van der Waals surface area contributed by atoms with Crippen molar-refractivity contribution in [2.45, 2.75) is 13.8 Å². The van der Waals surface area contributed by atoms with E-state index in [1.54, 1.807) is 6.07 Å². The second-order valence-electron chi connectivity index (χ2n) is 4.02. The standard InChI is InChI=1S/C11H15FNO2S/c1-8(2)6-9-4-5-11(10(12)7-9)13-16(3,14)15/h4-8,13H,1-3H3. The number of hydrogen-bond donors (Lipinski definition) is 1. The van der Waals surface area contributed by atoms with Crippen molar-refractivity contribution in [1.82, 2.24) is 0 Å². The molecule has 89 valence electrons. The van der Waals surface area contributed by atoms with Crippen LogP contribution in [0.1, 0.15) is 19.4 Å². The summed E-state index contributed by atoms with van der Waals surface area (Å²) in [5.41, 5.74) is 0.718. The summed E-state index contributed by atoms with van der Waals surface area (Å²) in [4.78, 5) is 0. The smallest absolute Gasteiger partial charge is 0.229 e. The first-order valence-electron chi connectivity index (χ1n) is 4.90. The Morgan fingerprint density at radius 3 is 2.44 bits per heavy atom. The molecule has 0 aromatic heterocycles. The molecule has 16 heavy (non-hydrogen) atoms. The third-order valence-electron chi connectivity index (χ3n) is 1.81. The van der Waals surface area contributed by atoms with Crippen LogP contribution in [0, 0.1) is 18.2 Å². The van der Waals surface area contributed by atoms with E-state index in [2.05, 4.69) is 4.72 Å². The summed E-state index contributed by atoms with van der Waals surface area (Å²) in [6, 6.07) is 4.41. The molecular formula is C11H15FNO2S. The van der Waals surface area contributed by atoms with E-state index in [0.717, 1.165) is 11.8 Å². The summed E-state index contributed by atoms with van der Waals surface area (Å²) in [5, 5.41) is 0. The minimum atomic E-state index is -3.44. The molecule has 0 unspecified atom stereocenters. The van der Waals surface area contributed by atoms with Crippen LogP contribution in [0.25, 0.3) is 0 Å². The molecule has 0 bridgehead atoms. The molecule has 1 rings (SSSR count). The molecule has 1 radical (unpaired) electrons. The van der Waals surface area contributed by atoms with Crippen LogP contribution >= 0.6 is 0 Å². The summed E-state index contributed by atoms with van der Waals surface area (Å²) >= 11 is 0. The van der Waals surface area contributed by atoms with Gasteiger partial charge in [-0.25, -0.2) is 12.8 Å². The molecule has 5 heteroatoms. The van der Waals surface area contributed by atoms with Gasteiger partial charge in [-0.15, -0.1) is 0 Å². The maximum absolute atomic E-state index is 13.5. The van der Waals surface area contributed by atoms with Crippen LogP contribution in [0.4, 0.5) is 10.1 Å². The van der Waals surface area contributed by atoms with E-state index in [4.69, 9.17) is 0 Å². The summed E-state index contributed by atoms with van der Waals surface area (Å²) in [7, 11) is -3.44. The van der Waals surface area contributed by atoms with Gasteiger partial charge in [0.2, 0.25) is 10.0 Å². The largest absolute Gasteiger partial charge is 0.281 e. The van der Waals surface area contributed by atoms with Crippen LogP contribution in [-0.2, 0) is 10.0 Å². The lowest BCUT2D eigenvalue weighted by atomic mass is 10.0. The Balaban J connectivity index is 2.92. The minimum absolute atomic E-state index is 0.0246. The average Bonchev–Trinajstić information content (AvgIpc) is 2.06. The fraction of sp³-hybridized carbons (Fsp3) is 0.364. The van der Waals surface area contributed by atoms with Crippen molar-refractivity contribution in [3.8, 4) is 0 Å². The van der Waals surface area contributed by atoms with E-state index in [1.165, 1.54) is 12.1 Å². The highest BCUT2D eigenvalue weighted by atomic mass is 32.2. The Morgan fingerprint density at radius 1 is 1.38 bits per heavy atom. The Labute approximate surface area is 95.7 Å². The van der Waals surface area contributed by atoms with Gasteiger partial charge in [-0.2, -0.15) is 0 Å². The highest BCUT2D eigenvalue weighted by molar-refractivity contribution is 7.92. The second-order valence-corrected chi connectivity index (χ2v) is 5.77. The van der Waals surface area contributed by atoms with E-state index < -0.39 is 15.8 Å². The first kappa shape index (κ1) is 13.0. The number of halogens is 1. The molecule has 0 fully saturated rings.